The van der Waals surface area contributed by atoms with E-state index in [1.807, 2.05) is 47.2 Å². The molecule has 0 saturated heterocycles. The normalized spacial score (nSPS) is 11.5. The number of carbonyl (C=O) groups is 1. The van der Waals surface area contributed by atoms with Crippen LogP contribution in [0.4, 0.5) is 11.6 Å². The molecular weight excluding hydrogens is 440 g/mol. The highest BCUT2D eigenvalue weighted by molar-refractivity contribution is 5.90. The smallest absolute Gasteiger partial charge is 0.224 e. The van der Waals surface area contributed by atoms with E-state index in [1.54, 1.807) is 18.6 Å². The van der Waals surface area contributed by atoms with Gasteiger partial charge in [0.2, 0.25) is 5.91 Å². The summed E-state index contributed by atoms with van der Waals surface area (Å²) in [6.45, 7) is 10.2. The molecule has 3 aromatic heterocycles. The standard InChI is InChI=1S/C26H32N8O/c1-18(2)33(19(3)4)14-13-29-26(35)15-20-17-34(22-8-6-5-7-21(20)22)25-10-9-23(31-32-25)30-24-16-27-11-12-28-24/h5-12,16-19H,13-15H2,1-4H3,(H,29,35)(H,28,30,31). The number of hydrogen-bond acceptors (Lipinski definition) is 7. The van der Waals surface area contributed by atoms with Gasteiger partial charge in [-0.3, -0.25) is 19.2 Å². The van der Waals surface area contributed by atoms with Crippen molar-refractivity contribution in [2.75, 3.05) is 18.4 Å². The van der Waals surface area contributed by atoms with Gasteiger partial charge in [-0.25, -0.2) is 4.98 Å². The minimum absolute atomic E-state index is 0.00923. The number of benzene rings is 1. The minimum Gasteiger partial charge on any atom is -0.355 e. The average Bonchev–Trinajstić information content (AvgIpc) is 3.21. The van der Waals surface area contributed by atoms with Gasteiger partial charge in [-0.15, -0.1) is 10.2 Å². The zero-order chi connectivity index (χ0) is 24.8. The third-order valence-electron chi connectivity index (χ3n) is 5.88. The van der Waals surface area contributed by atoms with E-state index in [9.17, 15) is 4.79 Å². The number of nitrogens with one attached hydrogen (secondary N) is 2. The summed E-state index contributed by atoms with van der Waals surface area (Å²) in [5, 5.41) is 15.8. The molecule has 0 fully saturated rings. The van der Waals surface area contributed by atoms with Gasteiger partial charge in [0.05, 0.1) is 18.1 Å². The van der Waals surface area contributed by atoms with Gasteiger partial charge >= 0.3 is 0 Å². The molecule has 1 amide bonds. The summed E-state index contributed by atoms with van der Waals surface area (Å²) in [4.78, 5) is 23.3. The van der Waals surface area contributed by atoms with Crippen molar-refractivity contribution < 1.29 is 4.79 Å². The highest BCUT2D eigenvalue weighted by atomic mass is 16.1. The van der Waals surface area contributed by atoms with Crippen molar-refractivity contribution in [3.63, 3.8) is 0 Å². The lowest BCUT2D eigenvalue weighted by molar-refractivity contribution is -0.120. The van der Waals surface area contributed by atoms with Crippen LogP contribution in [0.25, 0.3) is 16.7 Å². The van der Waals surface area contributed by atoms with Crippen molar-refractivity contribution in [3.05, 3.63) is 66.7 Å². The van der Waals surface area contributed by atoms with Crippen molar-refractivity contribution in [2.24, 2.45) is 0 Å². The van der Waals surface area contributed by atoms with Crippen LogP contribution in [0.15, 0.2) is 61.2 Å². The number of carbonyl (C=O) groups excluding carboxylic acids is 1. The van der Waals surface area contributed by atoms with Crippen molar-refractivity contribution in [1.29, 1.82) is 0 Å². The molecule has 0 radical (unpaired) electrons. The van der Waals surface area contributed by atoms with Gasteiger partial charge in [-0.05, 0) is 51.5 Å². The first-order valence-corrected chi connectivity index (χ1v) is 11.9. The maximum atomic E-state index is 12.8. The number of para-hydroxylation sites is 1. The van der Waals surface area contributed by atoms with E-state index in [4.69, 9.17) is 0 Å². The van der Waals surface area contributed by atoms with Crippen LogP contribution in [0.3, 0.4) is 0 Å². The molecular formula is C26H32N8O. The number of amides is 1. The zero-order valence-corrected chi connectivity index (χ0v) is 20.6. The fourth-order valence-electron chi connectivity index (χ4n) is 4.27. The molecule has 35 heavy (non-hydrogen) atoms. The maximum Gasteiger partial charge on any atom is 0.224 e. The molecule has 0 aliphatic heterocycles. The van der Waals surface area contributed by atoms with Crippen LogP contribution in [-0.4, -0.2) is 60.7 Å². The van der Waals surface area contributed by atoms with Crippen LogP contribution in [0.2, 0.25) is 0 Å². The minimum atomic E-state index is 0.00923. The van der Waals surface area contributed by atoms with Crippen LogP contribution in [0, 0.1) is 0 Å². The Morgan fingerprint density at radius 1 is 1.00 bits per heavy atom. The predicted octanol–water partition coefficient (Wildman–Crippen LogP) is 3.73. The van der Waals surface area contributed by atoms with E-state index in [0.717, 1.165) is 23.0 Å². The molecule has 2 N–H and O–H groups in total. The summed E-state index contributed by atoms with van der Waals surface area (Å²) < 4.78 is 1.97. The average molecular weight is 473 g/mol. The first-order chi connectivity index (χ1) is 16.9. The van der Waals surface area contributed by atoms with Gasteiger partial charge in [0, 0.05) is 49.1 Å². The molecule has 9 nitrogen and oxygen atoms in total. The molecule has 9 heteroatoms. The Labute approximate surface area is 205 Å². The number of rotatable bonds is 10. The Kier molecular flexibility index (Phi) is 7.67. The lowest BCUT2D eigenvalue weighted by atomic mass is 10.1. The Morgan fingerprint density at radius 3 is 2.49 bits per heavy atom. The van der Waals surface area contributed by atoms with E-state index < -0.39 is 0 Å². The summed E-state index contributed by atoms with van der Waals surface area (Å²) in [5.74, 6) is 1.85. The van der Waals surface area contributed by atoms with Crippen LogP contribution in [-0.2, 0) is 11.2 Å². The Hall–Kier alpha value is -3.85. The summed E-state index contributed by atoms with van der Waals surface area (Å²) in [7, 11) is 0. The largest absolute Gasteiger partial charge is 0.355 e. The van der Waals surface area contributed by atoms with E-state index in [-0.39, 0.29) is 5.91 Å². The maximum absolute atomic E-state index is 12.8. The number of fused-ring (bicyclic) bond motifs is 1. The van der Waals surface area contributed by atoms with Gasteiger partial charge in [0.15, 0.2) is 11.6 Å². The van der Waals surface area contributed by atoms with Crippen molar-refractivity contribution in [3.8, 4) is 5.82 Å². The van der Waals surface area contributed by atoms with Gasteiger partial charge in [0.25, 0.3) is 0 Å². The number of hydrogen-bond donors (Lipinski definition) is 2. The van der Waals surface area contributed by atoms with Crippen LogP contribution >= 0.6 is 0 Å². The second-order valence-corrected chi connectivity index (χ2v) is 8.99. The fourth-order valence-corrected chi connectivity index (χ4v) is 4.27. The lowest BCUT2D eigenvalue weighted by Crippen LogP contribution is -2.42. The van der Waals surface area contributed by atoms with Crippen LogP contribution in [0.5, 0.6) is 0 Å². The van der Waals surface area contributed by atoms with Gasteiger partial charge in [-0.1, -0.05) is 18.2 Å². The highest BCUT2D eigenvalue weighted by Crippen LogP contribution is 2.25. The molecule has 0 saturated carbocycles. The van der Waals surface area contributed by atoms with Crippen molar-refractivity contribution >= 4 is 28.4 Å². The highest BCUT2D eigenvalue weighted by Gasteiger charge is 2.16. The molecule has 0 aliphatic carbocycles. The van der Waals surface area contributed by atoms with E-state index >= 15 is 0 Å². The molecule has 4 rings (SSSR count). The molecule has 3 heterocycles. The first kappa shape index (κ1) is 24.3. The van der Waals surface area contributed by atoms with Crippen LogP contribution in [0.1, 0.15) is 33.3 Å². The third-order valence-corrected chi connectivity index (χ3v) is 5.88. The van der Waals surface area contributed by atoms with Gasteiger partial charge in [-0.2, -0.15) is 0 Å². The Morgan fingerprint density at radius 2 is 1.80 bits per heavy atom. The quantitative estimate of drug-likeness (QED) is 0.363. The molecule has 0 unspecified atom stereocenters. The van der Waals surface area contributed by atoms with Crippen molar-refractivity contribution in [2.45, 2.75) is 46.2 Å². The molecule has 182 valence electrons. The number of aromatic nitrogens is 5. The lowest BCUT2D eigenvalue weighted by Gasteiger charge is -2.30. The topological polar surface area (TPSA) is 101 Å². The Bertz CT molecular complexity index is 1240. The summed E-state index contributed by atoms with van der Waals surface area (Å²) in [5.41, 5.74) is 1.93. The number of nitrogens with zero attached hydrogens (tertiary/aromatic N) is 6. The molecule has 4 aromatic rings. The van der Waals surface area contributed by atoms with E-state index in [1.165, 1.54) is 0 Å². The predicted molar refractivity (Wildman–Crippen MR) is 138 cm³/mol. The first-order valence-electron chi connectivity index (χ1n) is 11.9. The molecule has 0 spiro atoms. The SMILES string of the molecule is CC(C)N(CCNC(=O)Cc1cn(-c2ccc(Nc3cnccn3)nn2)c2ccccc12)C(C)C. The summed E-state index contributed by atoms with van der Waals surface area (Å²) >= 11 is 0. The molecule has 0 aliphatic rings. The molecule has 1 aromatic carbocycles. The summed E-state index contributed by atoms with van der Waals surface area (Å²) in [6.07, 6.45) is 7.12. The second kappa shape index (κ2) is 11.1. The van der Waals surface area contributed by atoms with E-state index in [0.29, 0.717) is 42.5 Å². The van der Waals surface area contributed by atoms with E-state index in [2.05, 4.69) is 63.4 Å². The fraction of sp³-hybridized carbons (Fsp3) is 0.346. The second-order valence-electron chi connectivity index (χ2n) is 8.99. The van der Waals surface area contributed by atoms with Crippen LogP contribution < -0.4 is 10.6 Å². The van der Waals surface area contributed by atoms with Gasteiger partial charge < -0.3 is 10.6 Å². The Balaban J connectivity index is 1.47. The van der Waals surface area contributed by atoms with Crippen molar-refractivity contribution in [1.82, 2.24) is 34.9 Å². The monoisotopic (exact) mass is 472 g/mol. The number of anilines is 2. The molecule has 0 atom stereocenters. The third kappa shape index (κ3) is 5.99. The molecule has 0 bridgehead atoms. The van der Waals surface area contributed by atoms with Gasteiger partial charge in [0.1, 0.15) is 5.82 Å². The zero-order valence-electron chi connectivity index (χ0n) is 20.6. The summed E-state index contributed by atoms with van der Waals surface area (Å²) in [6, 6.07) is 12.6.